The first-order valence-corrected chi connectivity index (χ1v) is 11.3. The van der Waals surface area contributed by atoms with Gasteiger partial charge in [-0.2, -0.15) is 0 Å². The molecule has 1 atom stereocenters. The van der Waals surface area contributed by atoms with Gasteiger partial charge < -0.3 is 9.30 Å². The summed E-state index contributed by atoms with van der Waals surface area (Å²) in [4.78, 5) is 13.9. The summed E-state index contributed by atoms with van der Waals surface area (Å²) in [5, 5.41) is 11.6. The highest BCUT2D eigenvalue weighted by molar-refractivity contribution is 7.99. The van der Waals surface area contributed by atoms with Crippen molar-refractivity contribution < 1.29 is 9.53 Å². The molecule has 0 bridgehead atoms. The quantitative estimate of drug-likeness (QED) is 0.428. The van der Waals surface area contributed by atoms with Crippen LogP contribution in [0.1, 0.15) is 34.6 Å². The predicted molar refractivity (Wildman–Crippen MR) is 112 cm³/mol. The molecule has 1 saturated heterocycles. The van der Waals surface area contributed by atoms with Crippen molar-refractivity contribution in [2.75, 3.05) is 12.4 Å². The van der Waals surface area contributed by atoms with Gasteiger partial charge in [-0.3, -0.25) is 9.36 Å². The van der Waals surface area contributed by atoms with Crippen LogP contribution in [-0.2, 0) is 18.3 Å². The van der Waals surface area contributed by atoms with E-state index in [0.717, 1.165) is 58.8 Å². The molecule has 0 spiro atoms. The summed E-state index contributed by atoms with van der Waals surface area (Å²) in [5.41, 5.74) is 2.88. The van der Waals surface area contributed by atoms with E-state index < -0.39 is 0 Å². The first kappa shape index (κ1) is 19.4. The summed E-state index contributed by atoms with van der Waals surface area (Å²) in [6.45, 7) is 5.54. The monoisotopic (exact) mass is 416 g/mol. The second kappa shape index (κ2) is 8.23. The molecule has 4 heterocycles. The normalized spacial score (nSPS) is 16.8. The van der Waals surface area contributed by atoms with Gasteiger partial charge in [-0.05, 0) is 44.2 Å². The summed E-state index contributed by atoms with van der Waals surface area (Å²) in [7, 11) is 1.99. The summed E-state index contributed by atoms with van der Waals surface area (Å²) < 4.78 is 9.99. The summed E-state index contributed by atoms with van der Waals surface area (Å²) in [5.74, 6) is 1.32. The molecule has 1 aliphatic heterocycles. The topological polar surface area (TPSA) is 61.9 Å². The highest BCUT2D eigenvalue weighted by atomic mass is 32.2. The third-order valence-corrected chi connectivity index (χ3v) is 7.11. The lowest BCUT2D eigenvalue weighted by Crippen LogP contribution is -2.17. The third kappa shape index (κ3) is 3.81. The summed E-state index contributed by atoms with van der Waals surface area (Å²) in [6, 6.07) is 6.03. The molecule has 0 aromatic carbocycles. The van der Waals surface area contributed by atoms with Crippen molar-refractivity contribution in [3.63, 3.8) is 0 Å². The molecule has 0 amide bonds. The molecule has 148 valence electrons. The number of nitrogens with zero attached hydrogens (tertiary/aromatic N) is 4. The number of carbonyl (C=O) groups excluding carboxylic acids is 1. The van der Waals surface area contributed by atoms with Crippen LogP contribution in [0.25, 0.3) is 10.7 Å². The Bertz CT molecular complexity index is 969. The van der Waals surface area contributed by atoms with Crippen LogP contribution in [0.2, 0.25) is 0 Å². The zero-order valence-corrected chi connectivity index (χ0v) is 18.0. The number of ether oxygens (including phenoxy) is 1. The van der Waals surface area contributed by atoms with Crippen molar-refractivity contribution >= 4 is 28.9 Å². The Morgan fingerprint density at radius 2 is 2.25 bits per heavy atom. The minimum Gasteiger partial charge on any atom is -0.376 e. The van der Waals surface area contributed by atoms with Crippen molar-refractivity contribution in [2.24, 2.45) is 7.05 Å². The molecular formula is C20H24N4O2S2. The Kier molecular flexibility index (Phi) is 5.70. The molecule has 6 nitrogen and oxygen atoms in total. The Hall–Kier alpha value is -1.90. The molecule has 0 aliphatic carbocycles. The molecule has 0 saturated carbocycles. The lowest BCUT2D eigenvalue weighted by Gasteiger charge is -2.14. The van der Waals surface area contributed by atoms with E-state index in [9.17, 15) is 4.79 Å². The van der Waals surface area contributed by atoms with Gasteiger partial charge in [0.2, 0.25) is 0 Å². The van der Waals surface area contributed by atoms with E-state index in [-0.39, 0.29) is 11.9 Å². The third-order valence-electron chi connectivity index (χ3n) is 5.28. The maximum absolute atomic E-state index is 12.8. The van der Waals surface area contributed by atoms with Gasteiger partial charge in [0.05, 0.1) is 23.3 Å². The highest BCUT2D eigenvalue weighted by Gasteiger charge is 2.23. The molecule has 0 N–H and O–H groups in total. The minimum atomic E-state index is 0.121. The van der Waals surface area contributed by atoms with Gasteiger partial charge in [0.25, 0.3) is 0 Å². The minimum absolute atomic E-state index is 0.121. The summed E-state index contributed by atoms with van der Waals surface area (Å²) in [6.07, 6.45) is 2.33. The maximum atomic E-state index is 12.8. The zero-order chi connectivity index (χ0) is 19.7. The molecule has 1 fully saturated rings. The highest BCUT2D eigenvalue weighted by Crippen LogP contribution is 2.29. The van der Waals surface area contributed by atoms with Crippen LogP contribution in [0.15, 0.2) is 28.7 Å². The molecule has 1 aliphatic rings. The van der Waals surface area contributed by atoms with Crippen molar-refractivity contribution in [1.82, 2.24) is 19.3 Å². The van der Waals surface area contributed by atoms with Crippen LogP contribution in [0, 0.1) is 13.8 Å². The zero-order valence-electron chi connectivity index (χ0n) is 16.3. The molecule has 0 unspecified atom stereocenters. The average molecular weight is 417 g/mol. The second-order valence-corrected chi connectivity index (χ2v) is 8.97. The number of Topliss-reactive ketones (excluding diaryl/α,β-unsaturated/α-hetero) is 1. The van der Waals surface area contributed by atoms with E-state index in [2.05, 4.69) is 20.8 Å². The number of carbonyl (C=O) groups is 1. The van der Waals surface area contributed by atoms with E-state index >= 15 is 0 Å². The fourth-order valence-electron chi connectivity index (χ4n) is 3.49. The first-order valence-electron chi connectivity index (χ1n) is 9.42. The second-order valence-electron chi connectivity index (χ2n) is 7.08. The lowest BCUT2D eigenvalue weighted by atomic mass is 10.2. The number of ketones is 1. The SMILES string of the molecule is Cc1cc(C(=O)CSc2nnc(-c3cccs3)n2C[C@H]2CCCO2)c(C)n1C. The van der Waals surface area contributed by atoms with Crippen LogP contribution >= 0.6 is 23.1 Å². The van der Waals surface area contributed by atoms with Crippen LogP contribution in [0.4, 0.5) is 0 Å². The molecule has 4 rings (SSSR count). The van der Waals surface area contributed by atoms with E-state index in [1.165, 1.54) is 11.8 Å². The number of aromatic nitrogens is 4. The Balaban J connectivity index is 1.55. The Morgan fingerprint density at radius 1 is 1.39 bits per heavy atom. The van der Waals surface area contributed by atoms with E-state index in [1.807, 2.05) is 43.0 Å². The average Bonchev–Trinajstić information content (AvgIpc) is 3.47. The fourth-order valence-corrected chi connectivity index (χ4v) is 5.03. The standard InChI is InChI=1S/C20H24N4O2S2/c1-13-10-16(14(2)23(13)3)17(25)12-28-20-22-21-19(18-7-5-9-27-18)24(20)11-15-6-4-8-26-15/h5,7,9-10,15H,4,6,8,11-12H2,1-3H3/t15-/m1/s1. The molecular weight excluding hydrogens is 392 g/mol. The van der Waals surface area contributed by atoms with Crippen LogP contribution in [0.5, 0.6) is 0 Å². The van der Waals surface area contributed by atoms with Gasteiger partial charge in [-0.1, -0.05) is 17.8 Å². The van der Waals surface area contributed by atoms with Gasteiger partial charge >= 0.3 is 0 Å². The van der Waals surface area contributed by atoms with Gasteiger partial charge in [0, 0.05) is 30.6 Å². The van der Waals surface area contributed by atoms with Gasteiger partial charge in [0.1, 0.15) is 0 Å². The van der Waals surface area contributed by atoms with E-state index in [1.54, 1.807) is 11.3 Å². The van der Waals surface area contributed by atoms with Gasteiger partial charge in [-0.15, -0.1) is 21.5 Å². The van der Waals surface area contributed by atoms with Crippen molar-refractivity contribution in [3.05, 3.63) is 40.5 Å². The van der Waals surface area contributed by atoms with Crippen LogP contribution in [-0.4, -0.2) is 43.6 Å². The fraction of sp³-hybridized carbons (Fsp3) is 0.450. The molecule has 8 heteroatoms. The number of thiophene rings is 1. The lowest BCUT2D eigenvalue weighted by molar-refractivity contribution is 0.0953. The van der Waals surface area contributed by atoms with Gasteiger partial charge in [0.15, 0.2) is 16.8 Å². The van der Waals surface area contributed by atoms with E-state index in [4.69, 9.17) is 4.74 Å². The molecule has 3 aromatic rings. The van der Waals surface area contributed by atoms with Crippen molar-refractivity contribution in [1.29, 1.82) is 0 Å². The molecule has 0 radical (unpaired) electrons. The van der Waals surface area contributed by atoms with Crippen LogP contribution in [0.3, 0.4) is 0 Å². The van der Waals surface area contributed by atoms with Crippen molar-refractivity contribution in [3.8, 4) is 10.7 Å². The number of hydrogen-bond acceptors (Lipinski definition) is 6. The smallest absolute Gasteiger partial charge is 0.192 e. The maximum Gasteiger partial charge on any atom is 0.192 e. The number of rotatable bonds is 7. The number of hydrogen-bond donors (Lipinski definition) is 0. The van der Waals surface area contributed by atoms with Gasteiger partial charge in [-0.25, -0.2) is 0 Å². The van der Waals surface area contributed by atoms with Crippen molar-refractivity contribution in [2.45, 2.75) is 44.5 Å². The first-order chi connectivity index (χ1) is 13.5. The number of aryl methyl sites for hydroxylation is 1. The molecule has 28 heavy (non-hydrogen) atoms. The molecule has 3 aromatic heterocycles. The predicted octanol–water partition coefficient (Wildman–Crippen LogP) is 4.12. The summed E-state index contributed by atoms with van der Waals surface area (Å²) >= 11 is 3.10. The Morgan fingerprint density at radius 3 is 2.89 bits per heavy atom. The Labute approximate surface area is 172 Å². The van der Waals surface area contributed by atoms with Crippen LogP contribution < -0.4 is 0 Å². The van der Waals surface area contributed by atoms with E-state index in [0.29, 0.717) is 5.75 Å². The largest absolute Gasteiger partial charge is 0.376 e. The number of thioether (sulfide) groups is 1.